The number of rotatable bonds is 4. The maximum absolute atomic E-state index is 12.0. The van der Waals surface area contributed by atoms with Gasteiger partial charge in [-0.25, -0.2) is 14.8 Å². The molecule has 6 nitrogen and oxygen atoms in total. The molecule has 0 saturated carbocycles. The third-order valence-corrected chi connectivity index (χ3v) is 4.82. The summed E-state index contributed by atoms with van der Waals surface area (Å²) in [6, 6.07) is 21.1. The van der Waals surface area contributed by atoms with Crippen molar-refractivity contribution in [2.24, 2.45) is 0 Å². The Morgan fingerprint density at radius 3 is 2.38 bits per heavy atom. The van der Waals surface area contributed by atoms with E-state index in [4.69, 9.17) is 16.3 Å². The molecule has 4 rings (SSSR count). The summed E-state index contributed by atoms with van der Waals surface area (Å²) >= 11 is 6.10. The maximum Gasteiger partial charge on any atom is 0.412 e. The molecule has 0 aliphatic heterocycles. The lowest BCUT2D eigenvalue weighted by molar-refractivity contribution is 0.0636. The summed E-state index contributed by atoms with van der Waals surface area (Å²) in [7, 11) is 0. The van der Waals surface area contributed by atoms with Crippen molar-refractivity contribution in [3.05, 3.63) is 78.1 Å². The molecule has 1 amide bonds. The first kappa shape index (κ1) is 21.6. The minimum atomic E-state index is -0.548. The van der Waals surface area contributed by atoms with Crippen LogP contribution in [0.5, 0.6) is 0 Å². The highest BCUT2D eigenvalue weighted by molar-refractivity contribution is 6.30. The van der Waals surface area contributed by atoms with E-state index >= 15 is 0 Å². The van der Waals surface area contributed by atoms with E-state index in [0.29, 0.717) is 16.5 Å². The Balaban J connectivity index is 1.59. The molecule has 162 valence electrons. The smallest absolute Gasteiger partial charge is 0.412 e. The molecule has 1 aromatic heterocycles. The zero-order valence-corrected chi connectivity index (χ0v) is 18.8. The third kappa shape index (κ3) is 5.34. The number of aromatic nitrogens is 2. The number of carbonyl (C=O) groups excluding carboxylic acids is 1. The number of hydrogen-bond donors (Lipinski definition) is 2. The number of anilines is 3. The molecule has 0 atom stereocenters. The third-order valence-electron chi connectivity index (χ3n) is 4.59. The first-order valence-electron chi connectivity index (χ1n) is 10.1. The van der Waals surface area contributed by atoms with Crippen molar-refractivity contribution in [1.29, 1.82) is 0 Å². The van der Waals surface area contributed by atoms with Gasteiger partial charge in [0.25, 0.3) is 0 Å². The van der Waals surface area contributed by atoms with Crippen molar-refractivity contribution >= 4 is 45.8 Å². The lowest BCUT2D eigenvalue weighted by Crippen LogP contribution is -2.27. The summed E-state index contributed by atoms with van der Waals surface area (Å²) in [4.78, 5) is 20.8. The standard InChI is InChI=1S/C25H23ClN4O2/c1-25(2,3)32-24(31)30-19-10-7-16(8-11-19)17-9-12-22-21(13-17)23(28-15-27-22)29-20-6-4-5-18(26)14-20/h4-15H,1-3H3,(H,30,31)(H,27,28,29). The average Bonchev–Trinajstić information content (AvgIpc) is 2.73. The van der Waals surface area contributed by atoms with E-state index in [0.717, 1.165) is 27.7 Å². The Bertz CT molecular complexity index is 1270. The molecule has 3 aromatic carbocycles. The van der Waals surface area contributed by atoms with Crippen LogP contribution in [0.15, 0.2) is 73.1 Å². The van der Waals surface area contributed by atoms with Crippen LogP contribution in [0.4, 0.5) is 22.0 Å². The predicted octanol–water partition coefficient (Wildman–Crippen LogP) is 7.04. The summed E-state index contributed by atoms with van der Waals surface area (Å²) in [6.45, 7) is 5.48. The number of hydrogen-bond acceptors (Lipinski definition) is 5. The van der Waals surface area contributed by atoms with Crippen molar-refractivity contribution < 1.29 is 9.53 Å². The van der Waals surface area contributed by atoms with Gasteiger partial charge in [0.05, 0.1) is 5.52 Å². The van der Waals surface area contributed by atoms with Gasteiger partial charge >= 0.3 is 6.09 Å². The van der Waals surface area contributed by atoms with Crippen LogP contribution in [0.2, 0.25) is 5.02 Å². The van der Waals surface area contributed by atoms with Crippen molar-refractivity contribution in [3.8, 4) is 11.1 Å². The summed E-state index contributed by atoms with van der Waals surface area (Å²) in [5, 5.41) is 7.60. The Labute approximate surface area is 191 Å². The molecule has 0 fully saturated rings. The topological polar surface area (TPSA) is 76.1 Å². The Morgan fingerprint density at radius 1 is 0.906 bits per heavy atom. The summed E-state index contributed by atoms with van der Waals surface area (Å²) in [6.07, 6.45) is 1.05. The highest BCUT2D eigenvalue weighted by atomic mass is 35.5. The molecule has 0 aliphatic rings. The van der Waals surface area contributed by atoms with Gasteiger partial charge in [-0.3, -0.25) is 5.32 Å². The number of ether oxygens (including phenoxy) is 1. The van der Waals surface area contributed by atoms with E-state index in [-0.39, 0.29) is 0 Å². The number of nitrogens with one attached hydrogen (secondary N) is 2. The molecule has 0 radical (unpaired) electrons. The normalized spacial score (nSPS) is 11.2. The molecule has 2 N–H and O–H groups in total. The van der Waals surface area contributed by atoms with E-state index in [9.17, 15) is 4.79 Å². The number of halogens is 1. The van der Waals surface area contributed by atoms with Gasteiger partial charge in [-0.05, 0) is 74.4 Å². The first-order valence-corrected chi connectivity index (χ1v) is 10.5. The number of fused-ring (bicyclic) bond motifs is 1. The van der Waals surface area contributed by atoms with Crippen LogP contribution >= 0.6 is 11.6 Å². The van der Waals surface area contributed by atoms with Crippen molar-refractivity contribution in [2.45, 2.75) is 26.4 Å². The molecule has 0 bridgehead atoms. The molecule has 32 heavy (non-hydrogen) atoms. The minimum Gasteiger partial charge on any atom is -0.444 e. The van der Waals surface area contributed by atoms with E-state index in [1.807, 2.05) is 87.5 Å². The zero-order valence-electron chi connectivity index (χ0n) is 18.0. The Morgan fingerprint density at radius 2 is 1.66 bits per heavy atom. The minimum absolute atomic E-state index is 0.482. The van der Waals surface area contributed by atoms with Gasteiger partial charge in [-0.2, -0.15) is 0 Å². The molecule has 0 unspecified atom stereocenters. The fraction of sp³-hybridized carbons (Fsp3) is 0.160. The van der Waals surface area contributed by atoms with Crippen LogP contribution in [0, 0.1) is 0 Å². The monoisotopic (exact) mass is 446 g/mol. The Kier molecular flexibility index (Phi) is 5.97. The number of nitrogens with zero attached hydrogens (tertiary/aromatic N) is 2. The SMILES string of the molecule is CC(C)(C)OC(=O)Nc1ccc(-c2ccc3ncnc(Nc4cccc(Cl)c4)c3c2)cc1. The molecule has 4 aromatic rings. The molecular formula is C25H23ClN4O2. The number of benzene rings is 3. The lowest BCUT2D eigenvalue weighted by Gasteiger charge is -2.19. The molecule has 0 spiro atoms. The van der Waals surface area contributed by atoms with E-state index in [1.54, 1.807) is 0 Å². The van der Waals surface area contributed by atoms with Crippen LogP contribution in [0.3, 0.4) is 0 Å². The van der Waals surface area contributed by atoms with Gasteiger partial charge < -0.3 is 10.1 Å². The van der Waals surface area contributed by atoms with Gasteiger partial charge in [0.15, 0.2) is 0 Å². The summed E-state index contributed by atoms with van der Waals surface area (Å²) < 4.78 is 5.29. The van der Waals surface area contributed by atoms with Crippen molar-refractivity contribution in [2.75, 3.05) is 10.6 Å². The average molecular weight is 447 g/mol. The molecular weight excluding hydrogens is 424 g/mol. The largest absolute Gasteiger partial charge is 0.444 e. The van der Waals surface area contributed by atoms with Crippen molar-refractivity contribution in [1.82, 2.24) is 9.97 Å². The number of amides is 1. The van der Waals surface area contributed by atoms with Gasteiger partial charge in [-0.1, -0.05) is 35.9 Å². The molecule has 7 heteroatoms. The summed E-state index contributed by atoms with van der Waals surface area (Å²) in [5.41, 5.74) is 3.80. The van der Waals surface area contributed by atoms with E-state index in [2.05, 4.69) is 20.6 Å². The predicted molar refractivity (Wildman–Crippen MR) is 130 cm³/mol. The fourth-order valence-electron chi connectivity index (χ4n) is 3.21. The second-order valence-electron chi connectivity index (χ2n) is 8.29. The zero-order chi connectivity index (χ0) is 22.7. The molecule has 0 aliphatic carbocycles. The van der Waals surface area contributed by atoms with Gasteiger partial charge in [0, 0.05) is 21.8 Å². The van der Waals surface area contributed by atoms with E-state index < -0.39 is 11.7 Å². The maximum atomic E-state index is 12.0. The van der Waals surface area contributed by atoms with Crippen LogP contribution in [-0.2, 0) is 4.74 Å². The van der Waals surface area contributed by atoms with Crippen LogP contribution < -0.4 is 10.6 Å². The van der Waals surface area contributed by atoms with Crippen LogP contribution in [0.25, 0.3) is 22.0 Å². The summed E-state index contributed by atoms with van der Waals surface area (Å²) in [5.74, 6) is 0.697. The second kappa shape index (κ2) is 8.85. The van der Waals surface area contributed by atoms with Crippen molar-refractivity contribution in [3.63, 3.8) is 0 Å². The Hall–Kier alpha value is -3.64. The van der Waals surface area contributed by atoms with Crippen LogP contribution in [0.1, 0.15) is 20.8 Å². The fourth-order valence-corrected chi connectivity index (χ4v) is 3.40. The van der Waals surface area contributed by atoms with Gasteiger partial charge in [-0.15, -0.1) is 0 Å². The first-order chi connectivity index (χ1) is 15.3. The number of carbonyl (C=O) groups is 1. The van der Waals surface area contributed by atoms with E-state index in [1.165, 1.54) is 6.33 Å². The highest BCUT2D eigenvalue weighted by Gasteiger charge is 2.16. The van der Waals surface area contributed by atoms with Crippen LogP contribution in [-0.4, -0.2) is 21.7 Å². The highest BCUT2D eigenvalue weighted by Crippen LogP contribution is 2.29. The van der Waals surface area contributed by atoms with Gasteiger partial charge in [0.1, 0.15) is 17.7 Å². The van der Waals surface area contributed by atoms with Gasteiger partial charge in [0.2, 0.25) is 0 Å². The molecule has 0 saturated heterocycles. The lowest BCUT2D eigenvalue weighted by atomic mass is 10.0. The second-order valence-corrected chi connectivity index (χ2v) is 8.73. The quantitative estimate of drug-likeness (QED) is 0.351. The molecule has 1 heterocycles.